The molecule has 1 amide bonds. The number of carbonyl (C=O) groups excluding carboxylic acids is 1. The highest BCUT2D eigenvalue weighted by Gasteiger charge is 2.28. The average molecular weight is 292 g/mol. The fourth-order valence-electron chi connectivity index (χ4n) is 1.18. The van der Waals surface area contributed by atoms with Crippen LogP contribution in [0.25, 0.3) is 0 Å². The third-order valence-electron chi connectivity index (χ3n) is 2.06. The number of hydrogen-bond acceptors (Lipinski definition) is 5. The molecule has 18 heavy (non-hydrogen) atoms. The fourth-order valence-corrected chi connectivity index (χ4v) is 4.09. The van der Waals surface area contributed by atoms with E-state index >= 15 is 0 Å². The second kappa shape index (κ2) is 8.69. The van der Waals surface area contributed by atoms with E-state index in [0.29, 0.717) is 0 Å². The lowest BCUT2D eigenvalue weighted by molar-refractivity contribution is 0.151. The van der Waals surface area contributed by atoms with Gasteiger partial charge in [0.15, 0.2) is 0 Å². The normalized spacial score (nSPS) is 12.7. The van der Waals surface area contributed by atoms with E-state index in [0.717, 1.165) is 17.2 Å². The molecule has 4 nitrogen and oxygen atoms in total. The van der Waals surface area contributed by atoms with Crippen LogP contribution >= 0.6 is 23.5 Å². The molecular formula is C12H24N2O2S2. The minimum Gasteiger partial charge on any atom is -0.323 e. The smallest absolute Gasteiger partial charge is 0.323 e. The van der Waals surface area contributed by atoms with Crippen LogP contribution in [0.2, 0.25) is 0 Å². The maximum Gasteiger partial charge on any atom is 0.433 e. The number of oxime groups is 1. The third-order valence-corrected chi connectivity index (χ3v) is 4.59. The van der Waals surface area contributed by atoms with E-state index in [1.54, 1.807) is 0 Å². The number of nitrogens with one attached hydrogen (secondary N) is 1. The van der Waals surface area contributed by atoms with Crippen LogP contribution in [0, 0.1) is 5.41 Å². The predicted molar refractivity (Wildman–Crippen MR) is 82.5 cm³/mol. The van der Waals surface area contributed by atoms with Crippen molar-refractivity contribution in [3.05, 3.63) is 0 Å². The lowest BCUT2D eigenvalue weighted by Crippen LogP contribution is -2.30. The van der Waals surface area contributed by atoms with Crippen molar-refractivity contribution in [2.75, 3.05) is 18.6 Å². The number of thioether (sulfide) groups is 2. The summed E-state index contributed by atoms with van der Waals surface area (Å²) in [4.78, 5) is 16.0. The lowest BCUT2D eigenvalue weighted by Gasteiger charge is -2.26. The van der Waals surface area contributed by atoms with Gasteiger partial charge in [0.1, 0.15) is 0 Å². The molecule has 0 aliphatic carbocycles. The summed E-state index contributed by atoms with van der Waals surface area (Å²) in [6.45, 7) is 10.5. The molecular weight excluding hydrogens is 268 g/mol. The highest BCUT2D eigenvalue weighted by Crippen LogP contribution is 2.32. The topological polar surface area (TPSA) is 50.7 Å². The molecule has 0 aromatic rings. The quantitative estimate of drug-likeness (QED) is 0.352. The molecule has 0 aliphatic rings. The van der Waals surface area contributed by atoms with Crippen LogP contribution in [0.3, 0.4) is 0 Å². The first kappa shape index (κ1) is 17.6. The van der Waals surface area contributed by atoms with E-state index in [9.17, 15) is 4.79 Å². The number of rotatable bonds is 6. The first-order valence-corrected chi connectivity index (χ1v) is 8.16. The highest BCUT2D eigenvalue weighted by molar-refractivity contribution is 8.18. The summed E-state index contributed by atoms with van der Waals surface area (Å²) in [5.74, 6) is 2.01. The van der Waals surface area contributed by atoms with Crippen LogP contribution in [-0.2, 0) is 4.84 Å². The molecule has 0 radical (unpaired) electrons. The van der Waals surface area contributed by atoms with Crippen molar-refractivity contribution in [2.45, 2.75) is 39.2 Å². The molecule has 6 heteroatoms. The standard InChI is InChI=1S/C12H24N2O2S2/c1-7-17-10(18-8-2)9(12(3,4)5)14-16-11(15)13-6/h10H,7-8H2,1-6H3,(H,13,15). The zero-order valence-electron chi connectivity index (χ0n) is 12.1. The minimum atomic E-state index is -0.529. The van der Waals surface area contributed by atoms with E-state index in [1.165, 1.54) is 7.05 Å². The Hall–Kier alpha value is -0.360. The number of hydrogen-bond donors (Lipinski definition) is 1. The summed E-state index contributed by atoms with van der Waals surface area (Å²) in [6.07, 6.45) is -0.529. The van der Waals surface area contributed by atoms with Crippen molar-refractivity contribution in [2.24, 2.45) is 10.6 Å². The summed E-state index contributed by atoms with van der Waals surface area (Å²) in [5, 5.41) is 6.46. The summed E-state index contributed by atoms with van der Waals surface area (Å²) >= 11 is 3.63. The molecule has 0 aromatic carbocycles. The van der Waals surface area contributed by atoms with Gasteiger partial charge in [-0.2, -0.15) is 0 Å². The van der Waals surface area contributed by atoms with E-state index in [4.69, 9.17) is 4.84 Å². The van der Waals surface area contributed by atoms with Gasteiger partial charge >= 0.3 is 6.09 Å². The van der Waals surface area contributed by atoms with Crippen LogP contribution in [0.15, 0.2) is 5.16 Å². The molecule has 0 aliphatic heterocycles. The van der Waals surface area contributed by atoms with Crippen LogP contribution in [0.5, 0.6) is 0 Å². The van der Waals surface area contributed by atoms with Crippen molar-refractivity contribution >= 4 is 35.3 Å². The molecule has 1 N–H and O–H groups in total. The van der Waals surface area contributed by atoms with Gasteiger partial charge in [-0.25, -0.2) is 4.79 Å². The number of carbonyl (C=O) groups is 1. The molecule has 0 atom stereocenters. The molecule has 106 valence electrons. The first-order chi connectivity index (χ1) is 8.36. The van der Waals surface area contributed by atoms with Gasteiger partial charge in [-0.3, -0.25) is 4.84 Å². The molecule has 0 saturated heterocycles. The van der Waals surface area contributed by atoms with E-state index in [-0.39, 0.29) is 10.00 Å². The Bertz CT molecular complexity index is 282. The zero-order chi connectivity index (χ0) is 14.2. The summed E-state index contributed by atoms with van der Waals surface area (Å²) in [7, 11) is 1.52. The largest absolute Gasteiger partial charge is 0.433 e. The van der Waals surface area contributed by atoms with Gasteiger partial charge in [-0.05, 0) is 11.5 Å². The van der Waals surface area contributed by atoms with Crippen molar-refractivity contribution in [1.82, 2.24) is 5.32 Å². The number of amides is 1. The number of nitrogens with zero attached hydrogens (tertiary/aromatic N) is 1. The Labute approximate surface area is 119 Å². The molecule has 0 unspecified atom stereocenters. The third kappa shape index (κ3) is 6.54. The van der Waals surface area contributed by atoms with Gasteiger partial charge in [0.2, 0.25) is 0 Å². The lowest BCUT2D eigenvalue weighted by atomic mass is 9.91. The van der Waals surface area contributed by atoms with Crippen molar-refractivity contribution in [1.29, 1.82) is 0 Å². The Morgan fingerprint density at radius 3 is 2.11 bits per heavy atom. The van der Waals surface area contributed by atoms with E-state index in [2.05, 4.69) is 45.1 Å². The Morgan fingerprint density at radius 1 is 1.28 bits per heavy atom. The van der Waals surface area contributed by atoms with Gasteiger partial charge in [0.25, 0.3) is 0 Å². The van der Waals surface area contributed by atoms with Gasteiger partial charge in [0, 0.05) is 12.5 Å². The minimum absolute atomic E-state index is 0.122. The van der Waals surface area contributed by atoms with Gasteiger partial charge in [-0.1, -0.05) is 39.8 Å². The Kier molecular flexibility index (Phi) is 8.52. The van der Waals surface area contributed by atoms with E-state index in [1.807, 2.05) is 23.5 Å². The fraction of sp³-hybridized carbons (Fsp3) is 0.833. The molecule has 0 rings (SSSR count). The molecule has 0 saturated carbocycles. The maximum atomic E-state index is 11.1. The summed E-state index contributed by atoms with van der Waals surface area (Å²) < 4.78 is 0.227. The summed E-state index contributed by atoms with van der Waals surface area (Å²) in [5.41, 5.74) is 0.785. The zero-order valence-corrected chi connectivity index (χ0v) is 13.7. The Morgan fingerprint density at radius 2 is 1.78 bits per heavy atom. The van der Waals surface area contributed by atoms with Crippen LogP contribution in [-0.4, -0.2) is 34.9 Å². The summed E-state index contributed by atoms with van der Waals surface area (Å²) in [6, 6.07) is 0. The maximum absolute atomic E-state index is 11.1. The molecule has 0 aromatic heterocycles. The van der Waals surface area contributed by atoms with Crippen LogP contribution in [0.4, 0.5) is 4.79 Å². The van der Waals surface area contributed by atoms with Gasteiger partial charge in [0.05, 0.1) is 10.3 Å². The van der Waals surface area contributed by atoms with Crippen LogP contribution in [0.1, 0.15) is 34.6 Å². The SMILES string of the molecule is CCSC(SCC)C(=NOC(=O)NC)C(C)(C)C. The van der Waals surface area contributed by atoms with Crippen LogP contribution < -0.4 is 5.32 Å². The monoisotopic (exact) mass is 292 g/mol. The van der Waals surface area contributed by atoms with Gasteiger partial charge in [-0.15, -0.1) is 23.5 Å². The van der Waals surface area contributed by atoms with Gasteiger partial charge < -0.3 is 5.32 Å². The van der Waals surface area contributed by atoms with Crippen molar-refractivity contribution in [3.63, 3.8) is 0 Å². The van der Waals surface area contributed by atoms with Crippen molar-refractivity contribution in [3.8, 4) is 0 Å². The molecule has 0 fully saturated rings. The first-order valence-electron chi connectivity index (χ1n) is 6.07. The second-order valence-electron chi connectivity index (χ2n) is 4.60. The molecule has 0 spiro atoms. The van der Waals surface area contributed by atoms with Crippen molar-refractivity contribution < 1.29 is 9.63 Å². The highest BCUT2D eigenvalue weighted by atomic mass is 32.2. The Balaban J connectivity index is 5.00. The average Bonchev–Trinajstić information content (AvgIpc) is 2.27. The van der Waals surface area contributed by atoms with E-state index < -0.39 is 6.09 Å². The second-order valence-corrected chi connectivity index (χ2v) is 7.66. The predicted octanol–water partition coefficient (Wildman–Crippen LogP) is 3.58. The molecule has 0 heterocycles. The molecule has 0 bridgehead atoms.